The zero-order valence-corrected chi connectivity index (χ0v) is 16.4. The van der Waals surface area contributed by atoms with Crippen LogP contribution in [0.4, 0.5) is 0 Å². The second-order valence-corrected chi connectivity index (χ2v) is 8.25. The third-order valence-electron chi connectivity index (χ3n) is 4.73. The lowest BCUT2D eigenvalue weighted by molar-refractivity contribution is -0.136. The lowest BCUT2D eigenvalue weighted by Gasteiger charge is -2.37. The van der Waals surface area contributed by atoms with Crippen molar-refractivity contribution in [2.24, 2.45) is 0 Å². The van der Waals surface area contributed by atoms with E-state index in [1.165, 1.54) is 18.2 Å². The minimum atomic E-state index is -0.890. The van der Waals surface area contributed by atoms with E-state index in [2.05, 4.69) is 12.2 Å². The van der Waals surface area contributed by atoms with Crippen LogP contribution in [0, 0.1) is 0 Å². The van der Waals surface area contributed by atoms with E-state index < -0.39 is 11.2 Å². The SMILES string of the molecule is CCCOC1(CNC(=O)c2ccccc2SC(C)C(=O)O)CCCCC1. The van der Waals surface area contributed by atoms with Gasteiger partial charge >= 0.3 is 5.97 Å². The van der Waals surface area contributed by atoms with E-state index in [1.54, 1.807) is 25.1 Å². The van der Waals surface area contributed by atoms with Gasteiger partial charge < -0.3 is 15.2 Å². The van der Waals surface area contributed by atoms with Crippen molar-refractivity contribution in [1.82, 2.24) is 5.32 Å². The summed E-state index contributed by atoms with van der Waals surface area (Å²) in [7, 11) is 0. The van der Waals surface area contributed by atoms with Crippen molar-refractivity contribution in [2.45, 2.75) is 68.1 Å². The van der Waals surface area contributed by atoms with Crippen LogP contribution in [-0.4, -0.2) is 41.0 Å². The van der Waals surface area contributed by atoms with Gasteiger partial charge in [0, 0.05) is 18.0 Å². The topological polar surface area (TPSA) is 75.6 Å². The summed E-state index contributed by atoms with van der Waals surface area (Å²) in [6, 6.07) is 7.16. The summed E-state index contributed by atoms with van der Waals surface area (Å²) < 4.78 is 6.13. The maximum Gasteiger partial charge on any atom is 0.316 e. The maximum atomic E-state index is 12.7. The Morgan fingerprint density at radius 2 is 1.96 bits per heavy atom. The monoisotopic (exact) mass is 379 g/mol. The first-order valence-corrected chi connectivity index (χ1v) is 10.3. The van der Waals surface area contributed by atoms with E-state index in [4.69, 9.17) is 9.84 Å². The molecule has 2 N–H and O–H groups in total. The van der Waals surface area contributed by atoms with Crippen LogP contribution in [0.25, 0.3) is 0 Å². The summed E-state index contributed by atoms with van der Waals surface area (Å²) in [5, 5.41) is 11.6. The van der Waals surface area contributed by atoms with Gasteiger partial charge in [0.2, 0.25) is 0 Å². The molecule has 0 radical (unpaired) electrons. The molecule has 0 saturated heterocycles. The Morgan fingerprint density at radius 1 is 1.27 bits per heavy atom. The van der Waals surface area contributed by atoms with Crippen LogP contribution in [0.15, 0.2) is 29.2 Å². The Hall–Kier alpha value is -1.53. The first kappa shape index (κ1) is 20.8. The summed E-state index contributed by atoms with van der Waals surface area (Å²) in [5.41, 5.74) is 0.257. The summed E-state index contributed by atoms with van der Waals surface area (Å²) in [6.45, 7) is 4.92. The van der Waals surface area contributed by atoms with Gasteiger partial charge in [-0.1, -0.05) is 38.3 Å². The number of amides is 1. The van der Waals surface area contributed by atoms with Gasteiger partial charge in [0.25, 0.3) is 5.91 Å². The Kier molecular flexibility index (Phi) is 7.97. The van der Waals surface area contributed by atoms with Crippen LogP contribution in [0.1, 0.15) is 62.7 Å². The van der Waals surface area contributed by atoms with E-state index in [9.17, 15) is 9.59 Å². The molecule has 1 aromatic carbocycles. The molecule has 0 spiro atoms. The number of hydrogen-bond donors (Lipinski definition) is 2. The quantitative estimate of drug-likeness (QED) is 0.632. The number of aliphatic carboxylic acids is 1. The second-order valence-electron chi connectivity index (χ2n) is 6.87. The summed E-state index contributed by atoms with van der Waals surface area (Å²) >= 11 is 1.19. The van der Waals surface area contributed by atoms with Gasteiger partial charge in [-0.25, -0.2) is 0 Å². The van der Waals surface area contributed by atoms with Gasteiger partial charge in [0.1, 0.15) is 5.25 Å². The van der Waals surface area contributed by atoms with Crippen LogP contribution >= 0.6 is 11.8 Å². The number of benzene rings is 1. The average Bonchev–Trinajstić information content (AvgIpc) is 2.65. The molecular formula is C20H29NO4S. The fourth-order valence-corrected chi connectivity index (χ4v) is 4.15. The van der Waals surface area contributed by atoms with E-state index in [-0.39, 0.29) is 11.5 Å². The molecule has 0 bridgehead atoms. The van der Waals surface area contributed by atoms with Gasteiger partial charge in [-0.3, -0.25) is 9.59 Å². The highest BCUT2D eigenvalue weighted by Gasteiger charge is 2.33. The standard InChI is InChI=1S/C20H29NO4S/c1-3-13-25-20(11-7-4-8-12-20)14-21-18(22)16-9-5-6-10-17(16)26-15(2)19(23)24/h5-6,9-10,15H,3-4,7-8,11-14H2,1-2H3,(H,21,22)(H,23,24). The maximum absolute atomic E-state index is 12.7. The Bertz CT molecular complexity index is 614. The van der Waals surface area contributed by atoms with Crippen molar-refractivity contribution in [2.75, 3.05) is 13.2 Å². The minimum absolute atomic E-state index is 0.171. The number of carbonyl (C=O) groups excluding carboxylic acids is 1. The minimum Gasteiger partial charge on any atom is -0.480 e. The highest BCUT2D eigenvalue weighted by Crippen LogP contribution is 2.32. The number of carboxylic acid groups (broad SMARTS) is 1. The Morgan fingerprint density at radius 3 is 2.62 bits per heavy atom. The highest BCUT2D eigenvalue weighted by molar-refractivity contribution is 8.00. The molecule has 6 heteroatoms. The zero-order valence-electron chi connectivity index (χ0n) is 15.6. The smallest absolute Gasteiger partial charge is 0.316 e. The van der Waals surface area contributed by atoms with Crippen molar-refractivity contribution in [1.29, 1.82) is 0 Å². The molecule has 1 fully saturated rings. The normalized spacial score (nSPS) is 17.5. The van der Waals surface area contributed by atoms with Crippen molar-refractivity contribution < 1.29 is 19.4 Å². The third-order valence-corrected chi connectivity index (χ3v) is 5.90. The summed E-state index contributed by atoms with van der Waals surface area (Å²) in [5.74, 6) is -1.06. The molecule has 1 saturated carbocycles. The lowest BCUT2D eigenvalue weighted by Crippen LogP contribution is -2.46. The molecule has 1 unspecified atom stereocenters. The fourth-order valence-electron chi connectivity index (χ4n) is 3.22. The van der Waals surface area contributed by atoms with E-state index >= 15 is 0 Å². The van der Waals surface area contributed by atoms with Crippen molar-refractivity contribution in [3.05, 3.63) is 29.8 Å². The molecular weight excluding hydrogens is 350 g/mol. The molecule has 5 nitrogen and oxygen atoms in total. The van der Waals surface area contributed by atoms with Crippen molar-refractivity contribution >= 4 is 23.6 Å². The molecule has 1 aliphatic rings. The number of carboxylic acids is 1. The van der Waals surface area contributed by atoms with Gasteiger partial charge in [-0.2, -0.15) is 0 Å². The second kappa shape index (κ2) is 9.97. The predicted octanol–water partition coefficient (Wildman–Crippen LogP) is 4.11. The molecule has 0 aromatic heterocycles. The number of rotatable bonds is 9. The van der Waals surface area contributed by atoms with Gasteiger partial charge in [0.05, 0.1) is 11.2 Å². The van der Waals surface area contributed by atoms with Crippen molar-refractivity contribution in [3.63, 3.8) is 0 Å². The number of nitrogens with one attached hydrogen (secondary N) is 1. The van der Waals surface area contributed by atoms with Crippen LogP contribution in [0.2, 0.25) is 0 Å². The Labute approximate surface area is 159 Å². The molecule has 1 atom stereocenters. The van der Waals surface area contributed by atoms with Gasteiger partial charge in [-0.15, -0.1) is 11.8 Å². The van der Waals surface area contributed by atoms with Crippen LogP contribution in [0.3, 0.4) is 0 Å². The molecule has 1 aliphatic carbocycles. The van der Waals surface area contributed by atoms with Gasteiger partial charge in [0.15, 0.2) is 0 Å². The third kappa shape index (κ3) is 5.74. The lowest BCUT2D eigenvalue weighted by atomic mass is 9.84. The molecule has 0 aliphatic heterocycles. The number of carbonyl (C=O) groups is 2. The summed E-state index contributed by atoms with van der Waals surface area (Å²) in [4.78, 5) is 24.6. The molecule has 0 heterocycles. The molecule has 1 amide bonds. The predicted molar refractivity (Wildman–Crippen MR) is 104 cm³/mol. The molecule has 2 rings (SSSR count). The van der Waals surface area contributed by atoms with Crippen LogP contribution < -0.4 is 5.32 Å². The molecule has 1 aromatic rings. The molecule has 26 heavy (non-hydrogen) atoms. The van der Waals surface area contributed by atoms with Crippen LogP contribution in [-0.2, 0) is 9.53 Å². The number of thioether (sulfide) groups is 1. The average molecular weight is 380 g/mol. The van der Waals surface area contributed by atoms with E-state index in [1.807, 2.05) is 6.07 Å². The highest BCUT2D eigenvalue weighted by atomic mass is 32.2. The van der Waals surface area contributed by atoms with E-state index in [0.717, 1.165) is 32.1 Å². The zero-order chi connectivity index (χ0) is 19.0. The first-order chi connectivity index (χ1) is 12.5. The summed E-state index contributed by atoms with van der Waals surface area (Å²) in [6.07, 6.45) is 6.38. The largest absolute Gasteiger partial charge is 0.480 e. The fraction of sp³-hybridized carbons (Fsp3) is 0.600. The Balaban J connectivity index is 2.05. The first-order valence-electron chi connectivity index (χ1n) is 9.38. The van der Waals surface area contributed by atoms with Crippen molar-refractivity contribution in [3.8, 4) is 0 Å². The van der Waals surface area contributed by atoms with E-state index in [0.29, 0.717) is 23.6 Å². The number of hydrogen-bond acceptors (Lipinski definition) is 4. The molecule has 144 valence electrons. The van der Waals surface area contributed by atoms with Gasteiger partial charge in [-0.05, 0) is 38.3 Å². The van der Waals surface area contributed by atoms with Crippen LogP contribution in [0.5, 0.6) is 0 Å². The number of ether oxygens (including phenoxy) is 1.